The Morgan fingerprint density at radius 2 is 2.15 bits per heavy atom. The third kappa shape index (κ3) is 3.77. The Kier molecular flexibility index (Phi) is 5.21. The van der Waals surface area contributed by atoms with Gasteiger partial charge < -0.3 is 10.8 Å². The summed E-state index contributed by atoms with van der Waals surface area (Å²) >= 11 is 0. The van der Waals surface area contributed by atoms with Crippen LogP contribution in [0.5, 0.6) is 0 Å². The molecule has 0 fully saturated rings. The second-order valence-electron chi connectivity index (χ2n) is 3.83. The molecule has 0 aromatic heterocycles. The van der Waals surface area contributed by atoms with E-state index in [0.29, 0.717) is 4.31 Å². The molecule has 1 amide bonds. The topological polar surface area (TPSA) is 101 Å². The average molecular weight is 300 g/mol. The van der Waals surface area contributed by atoms with Crippen LogP contribution in [0.2, 0.25) is 0 Å². The number of nitrogens with zero attached hydrogens (tertiary/aromatic N) is 1. The lowest BCUT2D eigenvalue weighted by Gasteiger charge is -2.15. The predicted molar refractivity (Wildman–Crippen MR) is 69.4 cm³/mol. The fourth-order valence-electron chi connectivity index (χ4n) is 1.40. The highest BCUT2D eigenvalue weighted by atomic mass is 32.2. The second-order valence-corrected chi connectivity index (χ2v) is 5.85. The van der Waals surface area contributed by atoms with Gasteiger partial charge in [0.15, 0.2) is 0 Å². The summed E-state index contributed by atoms with van der Waals surface area (Å²) < 4.78 is 38.5. The van der Waals surface area contributed by atoms with Gasteiger partial charge in [-0.25, -0.2) is 12.8 Å². The van der Waals surface area contributed by atoms with Crippen molar-refractivity contribution in [2.24, 2.45) is 5.73 Å². The minimum atomic E-state index is -4.14. The van der Waals surface area contributed by atoms with Crippen LogP contribution in [0.1, 0.15) is 5.56 Å². The number of carbonyl (C=O) groups is 1. The van der Waals surface area contributed by atoms with E-state index in [0.717, 1.165) is 19.2 Å². The molecule has 0 bridgehead atoms. The van der Waals surface area contributed by atoms with E-state index < -0.39 is 33.2 Å². The summed E-state index contributed by atoms with van der Waals surface area (Å²) in [5.41, 5.74) is 5.13. The van der Waals surface area contributed by atoms with Gasteiger partial charge >= 0.3 is 0 Å². The maximum Gasteiger partial charge on any atom is 0.246 e. The molecule has 8 heteroatoms. The van der Waals surface area contributed by atoms with Gasteiger partial charge in [0, 0.05) is 12.6 Å². The van der Waals surface area contributed by atoms with E-state index in [4.69, 9.17) is 10.8 Å². The third-order valence-corrected chi connectivity index (χ3v) is 4.15. The van der Waals surface area contributed by atoms with Crippen molar-refractivity contribution < 1.29 is 22.7 Å². The van der Waals surface area contributed by atoms with Gasteiger partial charge in [-0.1, -0.05) is 11.8 Å². The van der Waals surface area contributed by atoms with Crippen molar-refractivity contribution in [3.05, 3.63) is 29.6 Å². The Balaban J connectivity index is 3.17. The summed E-state index contributed by atoms with van der Waals surface area (Å²) in [6.45, 7) is -0.934. The minimum absolute atomic E-state index is 0.230. The van der Waals surface area contributed by atoms with Gasteiger partial charge in [0.1, 0.15) is 17.3 Å². The summed E-state index contributed by atoms with van der Waals surface area (Å²) in [6.07, 6.45) is 0. The quantitative estimate of drug-likeness (QED) is 0.716. The van der Waals surface area contributed by atoms with E-state index in [9.17, 15) is 17.6 Å². The molecule has 0 unspecified atom stereocenters. The summed E-state index contributed by atoms with van der Waals surface area (Å²) in [7, 11) is -3.02. The molecule has 1 aromatic carbocycles. The maximum absolute atomic E-state index is 13.8. The number of aliphatic hydroxyl groups excluding tert-OH is 1. The predicted octanol–water partition coefficient (Wildman–Crippen LogP) is -0.725. The van der Waals surface area contributed by atoms with Crippen LogP contribution in [0, 0.1) is 17.7 Å². The Morgan fingerprint density at radius 1 is 1.50 bits per heavy atom. The molecule has 0 saturated carbocycles. The van der Waals surface area contributed by atoms with Crippen LogP contribution in [0.15, 0.2) is 23.1 Å². The first kappa shape index (κ1) is 16.1. The van der Waals surface area contributed by atoms with E-state index in [1.165, 1.54) is 6.07 Å². The molecular formula is C12H13FN2O4S. The van der Waals surface area contributed by atoms with Crippen molar-refractivity contribution in [1.82, 2.24) is 4.31 Å². The summed E-state index contributed by atoms with van der Waals surface area (Å²) in [4.78, 5) is 10.2. The normalized spacial score (nSPS) is 11.0. The highest BCUT2D eigenvalue weighted by Crippen LogP contribution is 2.19. The zero-order chi connectivity index (χ0) is 15.3. The van der Waals surface area contributed by atoms with Crippen LogP contribution in [0.3, 0.4) is 0 Å². The van der Waals surface area contributed by atoms with Crippen molar-refractivity contribution >= 4 is 15.9 Å². The highest BCUT2D eigenvalue weighted by molar-refractivity contribution is 7.89. The van der Waals surface area contributed by atoms with Gasteiger partial charge in [-0.2, -0.15) is 4.31 Å². The largest absolute Gasteiger partial charge is 0.384 e. The molecule has 0 aliphatic rings. The number of amides is 1. The first-order valence-electron chi connectivity index (χ1n) is 5.43. The van der Waals surface area contributed by atoms with Crippen LogP contribution < -0.4 is 5.73 Å². The lowest BCUT2D eigenvalue weighted by molar-refractivity contribution is -0.118. The first-order valence-corrected chi connectivity index (χ1v) is 6.87. The number of benzene rings is 1. The number of rotatable bonds is 4. The second kappa shape index (κ2) is 6.47. The number of nitrogens with two attached hydrogens (primary N) is 1. The Bertz CT molecular complexity index is 676. The number of primary amides is 1. The van der Waals surface area contributed by atoms with Crippen LogP contribution in [-0.4, -0.2) is 43.9 Å². The number of hydrogen-bond acceptors (Lipinski definition) is 4. The number of likely N-dealkylation sites (N-methyl/N-ethyl adjacent to an activating group) is 1. The monoisotopic (exact) mass is 300 g/mol. The molecule has 3 N–H and O–H groups in total. The van der Waals surface area contributed by atoms with Crippen LogP contribution in [-0.2, 0) is 14.8 Å². The van der Waals surface area contributed by atoms with Crippen LogP contribution >= 0.6 is 0 Å². The molecule has 0 atom stereocenters. The van der Waals surface area contributed by atoms with Crippen LogP contribution in [0.4, 0.5) is 4.39 Å². The zero-order valence-electron chi connectivity index (χ0n) is 10.6. The molecule has 0 heterocycles. The standard InChI is InChI=1S/C12H13FN2O4S/c1-15(8-12(14)17)20(18,19)11-5-4-9(3-2-6-16)7-10(11)13/h4-5,7,16H,6,8H2,1H3,(H2,14,17). The van der Waals surface area contributed by atoms with Crippen molar-refractivity contribution in [2.75, 3.05) is 20.2 Å². The van der Waals surface area contributed by atoms with Gasteiger partial charge in [0.05, 0.1) is 6.54 Å². The molecule has 20 heavy (non-hydrogen) atoms. The van der Waals surface area contributed by atoms with Gasteiger partial charge in [-0.15, -0.1) is 0 Å². The van der Waals surface area contributed by atoms with Crippen molar-refractivity contribution in [3.8, 4) is 11.8 Å². The fourth-order valence-corrected chi connectivity index (χ4v) is 2.58. The molecule has 0 aliphatic carbocycles. The number of hydrogen-bond donors (Lipinski definition) is 2. The first-order chi connectivity index (χ1) is 9.28. The van der Waals surface area contributed by atoms with Gasteiger partial charge in [-0.3, -0.25) is 4.79 Å². The van der Waals surface area contributed by atoms with Crippen molar-refractivity contribution in [2.45, 2.75) is 4.90 Å². The smallest absolute Gasteiger partial charge is 0.246 e. The lowest BCUT2D eigenvalue weighted by atomic mass is 10.2. The molecule has 0 spiro atoms. The molecule has 0 saturated heterocycles. The summed E-state index contributed by atoms with van der Waals surface area (Å²) in [6, 6.07) is 3.29. The molecule has 108 valence electrons. The van der Waals surface area contributed by atoms with E-state index in [2.05, 4.69) is 11.8 Å². The molecule has 0 radical (unpaired) electrons. The Morgan fingerprint density at radius 3 is 2.65 bits per heavy atom. The minimum Gasteiger partial charge on any atom is -0.384 e. The number of sulfonamides is 1. The Hall–Kier alpha value is -1.95. The third-order valence-electron chi connectivity index (χ3n) is 2.31. The molecule has 1 aromatic rings. The highest BCUT2D eigenvalue weighted by Gasteiger charge is 2.25. The van der Waals surface area contributed by atoms with E-state index in [1.807, 2.05) is 0 Å². The Labute approximate surface area is 116 Å². The summed E-state index contributed by atoms with van der Waals surface area (Å²) in [5, 5.41) is 8.52. The lowest BCUT2D eigenvalue weighted by Crippen LogP contribution is -2.35. The van der Waals surface area contributed by atoms with E-state index in [1.54, 1.807) is 0 Å². The van der Waals surface area contributed by atoms with Crippen molar-refractivity contribution in [3.63, 3.8) is 0 Å². The zero-order valence-corrected chi connectivity index (χ0v) is 11.4. The average Bonchev–Trinajstić information content (AvgIpc) is 2.35. The molecule has 0 aliphatic heterocycles. The number of halogens is 1. The van der Waals surface area contributed by atoms with E-state index in [-0.39, 0.29) is 12.2 Å². The van der Waals surface area contributed by atoms with Crippen molar-refractivity contribution in [1.29, 1.82) is 0 Å². The maximum atomic E-state index is 13.8. The molecular weight excluding hydrogens is 287 g/mol. The van der Waals surface area contributed by atoms with Crippen LogP contribution in [0.25, 0.3) is 0 Å². The van der Waals surface area contributed by atoms with Gasteiger partial charge in [0.25, 0.3) is 0 Å². The number of carbonyl (C=O) groups excluding carboxylic acids is 1. The SMILES string of the molecule is CN(CC(N)=O)S(=O)(=O)c1ccc(C#CCO)cc1F. The fraction of sp³-hybridized carbons (Fsp3) is 0.250. The number of aliphatic hydroxyl groups is 1. The molecule has 1 rings (SSSR count). The summed E-state index contributed by atoms with van der Waals surface area (Å²) in [5.74, 6) is 2.93. The van der Waals surface area contributed by atoms with E-state index >= 15 is 0 Å². The molecule has 6 nitrogen and oxygen atoms in total. The van der Waals surface area contributed by atoms with Gasteiger partial charge in [-0.05, 0) is 18.2 Å². The van der Waals surface area contributed by atoms with Gasteiger partial charge in [0.2, 0.25) is 15.9 Å².